The van der Waals surface area contributed by atoms with Gasteiger partial charge >= 0.3 is 0 Å². The molecule has 0 aromatic carbocycles. The molecule has 1 aliphatic rings. The Morgan fingerprint density at radius 1 is 1.33 bits per heavy atom. The van der Waals surface area contributed by atoms with Crippen LogP contribution in [0.2, 0.25) is 10.3 Å². The van der Waals surface area contributed by atoms with Crippen LogP contribution in [-0.4, -0.2) is 53.3 Å². The molecule has 0 unspecified atom stereocenters. The summed E-state index contributed by atoms with van der Waals surface area (Å²) in [7, 11) is 0. The molecule has 5 nitrogen and oxygen atoms in total. The second-order valence-corrected chi connectivity index (χ2v) is 5.72. The Hall–Kier alpha value is -0.880. The lowest BCUT2D eigenvalue weighted by Gasteiger charge is -2.32. The standard InChI is InChI=1S/C14H18Cl2N2O3/c15-12-8-10(9-13(16)17-12)14(20)18-4-2-11(3-5-18)21-7-1-6-19/h8-9,11,19H,1-7H2. The molecular formula is C14H18Cl2N2O3. The van der Waals surface area contributed by atoms with Crippen molar-refractivity contribution < 1.29 is 14.6 Å². The smallest absolute Gasteiger partial charge is 0.254 e. The predicted molar refractivity (Wildman–Crippen MR) is 80.8 cm³/mol. The molecule has 1 aromatic heterocycles. The number of hydrogen-bond donors (Lipinski definition) is 1. The number of carbonyl (C=O) groups excluding carboxylic acids is 1. The van der Waals surface area contributed by atoms with Gasteiger partial charge in [-0.25, -0.2) is 4.98 Å². The minimum atomic E-state index is -0.0880. The molecule has 0 bridgehead atoms. The van der Waals surface area contributed by atoms with Crippen LogP contribution in [0.4, 0.5) is 0 Å². The maximum atomic E-state index is 12.4. The first-order valence-electron chi connectivity index (χ1n) is 6.95. The lowest BCUT2D eigenvalue weighted by Crippen LogP contribution is -2.41. The van der Waals surface area contributed by atoms with E-state index in [0.717, 1.165) is 12.8 Å². The number of carbonyl (C=O) groups is 1. The Morgan fingerprint density at radius 2 is 1.95 bits per heavy atom. The number of nitrogens with zero attached hydrogens (tertiary/aromatic N) is 2. The number of hydrogen-bond acceptors (Lipinski definition) is 4. The van der Waals surface area contributed by atoms with Gasteiger partial charge in [0, 0.05) is 31.9 Å². The first-order valence-corrected chi connectivity index (χ1v) is 7.70. The molecule has 2 heterocycles. The van der Waals surface area contributed by atoms with Crippen molar-refractivity contribution in [3.63, 3.8) is 0 Å². The third-order valence-electron chi connectivity index (χ3n) is 3.39. The first kappa shape index (κ1) is 16.5. The zero-order valence-corrected chi connectivity index (χ0v) is 13.1. The Balaban J connectivity index is 1.88. The number of halogens is 2. The maximum absolute atomic E-state index is 12.4. The van der Waals surface area contributed by atoms with Crippen molar-refractivity contribution in [1.82, 2.24) is 9.88 Å². The predicted octanol–water partition coefficient (Wildman–Crippen LogP) is 2.39. The van der Waals surface area contributed by atoms with E-state index in [2.05, 4.69) is 4.98 Å². The van der Waals surface area contributed by atoms with E-state index in [1.54, 1.807) is 4.90 Å². The van der Waals surface area contributed by atoms with E-state index in [1.807, 2.05) is 0 Å². The number of piperidine rings is 1. The topological polar surface area (TPSA) is 62.7 Å². The Labute approximate surface area is 133 Å². The second-order valence-electron chi connectivity index (χ2n) is 4.94. The van der Waals surface area contributed by atoms with Crippen molar-refractivity contribution in [2.24, 2.45) is 0 Å². The summed E-state index contributed by atoms with van der Waals surface area (Å²) in [4.78, 5) is 18.0. The monoisotopic (exact) mass is 332 g/mol. The van der Waals surface area contributed by atoms with Gasteiger partial charge in [0.1, 0.15) is 10.3 Å². The highest BCUT2D eigenvalue weighted by atomic mass is 35.5. The van der Waals surface area contributed by atoms with Gasteiger partial charge in [-0.15, -0.1) is 0 Å². The van der Waals surface area contributed by atoms with E-state index in [9.17, 15) is 4.79 Å². The number of rotatable bonds is 5. The first-order chi connectivity index (χ1) is 10.1. The van der Waals surface area contributed by atoms with Crippen molar-refractivity contribution in [2.45, 2.75) is 25.4 Å². The highest BCUT2D eigenvalue weighted by Crippen LogP contribution is 2.20. The van der Waals surface area contributed by atoms with Crippen LogP contribution in [0.15, 0.2) is 12.1 Å². The fraction of sp³-hybridized carbons (Fsp3) is 0.571. The van der Waals surface area contributed by atoms with Gasteiger partial charge in [-0.3, -0.25) is 4.79 Å². The molecule has 1 amide bonds. The van der Waals surface area contributed by atoms with Crippen molar-refractivity contribution in [3.05, 3.63) is 28.0 Å². The van der Waals surface area contributed by atoms with Gasteiger partial charge in [-0.1, -0.05) is 23.2 Å². The van der Waals surface area contributed by atoms with E-state index in [4.69, 9.17) is 33.0 Å². The van der Waals surface area contributed by atoms with Crippen LogP contribution >= 0.6 is 23.2 Å². The Kier molecular flexibility index (Phi) is 6.23. The lowest BCUT2D eigenvalue weighted by atomic mass is 10.1. The van der Waals surface area contributed by atoms with E-state index in [0.29, 0.717) is 31.7 Å². The number of aromatic nitrogens is 1. The third-order valence-corrected chi connectivity index (χ3v) is 3.78. The lowest BCUT2D eigenvalue weighted by molar-refractivity contribution is 0.00397. The van der Waals surface area contributed by atoms with Gasteiger partial charge in [-0.2, -0.15) is 0 Å². The van der Waals surface area contributed by atoms with Crippen LogP contribution in [0, 0.1) is 0 Å². The van der Waals surface area contributed by atoms with Crippen molar-refractivity contribution in [2.75, 3.05) is 26.3 Å². The van der Waals surface area contributed by atoms with E-state index in [1.165, 1.54) is 12.1 Å². The molecule has 1 aromatic rings. The normalized spacial score (nSPS) is 16.2. The molecular weight excluding hydrogens is 315 g/mol. The van der Waals surface area contributed by atoms with Crippen LogP contribution in [0.5, 0.6) is 0 Å². The minimum Gasteiger partial charge on any atom is -0.396 e. The van der Waals surface area contributed by atoms with Crippen molar-refractivity contribution >= 4 is 29.1 Å². The largest absolute Gasteiger partial charge is 0.396 e. The maximum Gasteiger partial charge on any atom is 0.254 e. The SMILES string of the molecule is O=C(c1cc(Cl)nc(Cl)c1)N1CCC(OCCCO)CC1. The van der Waals surface area contributed by atoms with Crippen LogP contribution in [0.1, 0.15) is 29.6 Å². The van der Waals surface area contributed by atoms with Gasteiger partial charge in [0.2, 0.25) is 0 Å². The van der Waals surface area contributed by atoms with Crippen LogP contribution in [0.3, 0.4) is 0 Å². The van der Waals surface area contributed by atoms with E-state index < -0.39 is 0 Å². The molecule has 1 N–H and O–H groups in total. The summed E-state index contributed by atoms with van der Waals surface area (Å²) in [5, 5.41) is 9.15. The van der Waals surface area contributed by atoms with Gasteiger partial charge in [-0.05, 0) is 31.4 Å². The molecule has 0 radical (unpaired) electrons. The summed E-state index contributed by atoms with van der Waals surface area (Å²) in [6, 6.07) is 3.05. The van der Waals surface area contributed by atoms with E-state index in [-0.39, 0.29) is 28.9 Å². The van der Waals surface area contributed by atoms with Crippen LogP contribution < -0.4 is 0 Å². The zero-order valence-electron chi connectivity index (χ0n) is 11.6. The second kappa shape index (κ2) is 7.94. The zero-order chi connectivity index (χ0) is 15.2. The quantitative estimate of drug-likeness (QED) is 0.664. The molecule has 0 atom stereocenters. The Morgan fingerprint density at radius 3 is 2.52 bits per heavy atom. The molecule has 7 heteroatoms. The number of pyridine rings is 1. The highest BCUT2D eigenvalue weighted by molar-refractivity contribution is 6.33. The molecule has 116 valence electrons. The Bertz CT molecular complexity index is 471. The fourth-order valence-corrected chi connectivity index (χ4v) is 2.77. The van der Waals surface area contributed by atoms with Crippen molar-refractivity contribution in [1.29, 1.82) is 0 Å². The van der Waals surface area contributed by atoms with E-state index >= 15 is 0 Å². The molecule has 0 saturated carbocycles. The summed E-state index contributed by atoms with van der Waals surface area (Å²) in [5.41, 5.74) is 0.458. The molecule has 0 aliphatic carbocycles. The third kappa shape index (κ3) is 4.81. The number of likely N-dealkylation sites (tertiary alicyclic amines) is 1. The fourth-order valence-electron chi connectivity index (χ4n) is 2.31. The number of ether oxygens (including phenoxy) is 1. The average Bonchev–Trinajstić information content (AvgIpc) is 2.46. The summed E-state index contributed by atoms with van der Waals surface area (Å²) in [6.07, 6.45) is 2.39. The number of amides is 1. The summed E-state index contributed by atoms with van der Waals surface area (Å²) in [5.74, 6) is -0.0880. The van der Waals surface area contributed by atoms with Gasteiger partial charge in [0.15, 0.2) is 0 Å². The van der Waals surface area contributed by atoms with Crippen LogP contribution in [-0.2, 0) is 4.74 Å². The number of aliphatic hydroxyl groups is 1. The number of aliphatic hydroxyl groups excluding tert-OH is 1. The molecule has 0 spiro atoms. The average molecular weight is 333 g/mol. The summed E-state index contributed by atoms with van der Waals surface area (Å²) in [6.45, 7) is 1.98. The summed E-state index contributed by atoms with van der Waals surface area (Å²) < 4.78 is 5.65. The van der Waals surface area contributed by atoms with Crippen LogP contribution in [0.25, 0.3) is 0 Å². The van der Waals surface area contributed by atoms with Crippen molar-refractivity contribution in [3.8, 4) is 0 Å². The van der Waals surface area contributed by atoms with Gasteiger partial charge < -0.3 is 14.7 Å². The van der Waals surface area contributed by atoms with Gasteiger partial charge in [0.05, 0.1) is 6.10 Å². The minimum absolute atomic E-state index is 0.0880. The molecule has 1 saturated heterocycles. The molecule has 21 heavy (non-hydrogen) atoms. The highest BCUT2D eigenvalue weighted by Gasteiger charge is 2.24. The summed E-state index contributed by atoms with van der Waals surface area (Å²) >= 11 is 11.6. The molecule has 1 aliphatic heterocycles. The van der Waals surface area contributed by atoms with Gasteiger partial charge in [0.25, 0.3) is 5.91 Å². The molecule has 2 rings (SSSR count). The molecule has 1 fully saturated rings.